The van der Waals surface area contributed by atoms with Crippen molar-refractivity contribution in [2.75, 3.05) is 25.0 Å². The van der Waals surface area contributed by atoms with E-state index in [1.165, 1.54) is 19.2 Å². The highest BCUT2D eigenvalue weighted by Crippen LogP contribution is 2.25. The Labute approximate surface area is 168 Å². The number of halogens is 1. The zero-order chi connectivity index (χ0) is 20.1. The van der Waals surface area contributed by atoms with Crippen LogP contribution in [0.4, 0.5) is 5.82 Å². The van der Waals surface area contributed by atoms with Crippen LogP contribution >= 0.6 is 11.6 Å². The first-order valence-electron chi connectivity index (χ1n) is 8.98. The van der Waals surface area contributed by atoms with Gasteiger partial charge in [-0.05, 0) is 43.2 Å². The molecule has 2 N–H and O–H groups in total. The minimum atomic E-state index is -1.15. The smallest absolute Gasteiger partial charge is 0.254 e. The van der Waals surface area contributed by atoms with Gasteiger partial charge in [-0.1, -0.05) is 17.7 Å². The van der Waals surface area contributed by atoms with Crippen LogP contribution in [-0.4, -0.2) is 52.1 Å². The van der Waals surface area contributed by atoms with Gasteiger partial charge < -0.3 is 20.1 Å². The summed E-state index contributed by atoms with van der Waals surface area (Å²) in [7, 11) is 0. The van der Waals surface area contributed by atoms with Crippen molar-refractivity contribution >= 4 is 29.2 Å². The van der Waals surface area contributed by atoms with E-state index in [1.54, 1.807) is 35.2 Å². The highest BCUT2D eigenvalue weighted by Gasteiger charge is 2.36. The number of anilines is 1. The molecule has 1 unspecified atom stereocenters. The van der Waals surface area contributed by atoms with Gasteiger partial charge in [-0.25, -0.2) is 4.98 Å². The van der Waals surface area contributed by atoms with Gasteiger partial charge in [0.1, 0.15) is 23.8 Å². The fraction of sp³-hybridized carbons (Fsp3) is 0.350. The van der Waals surface area contributed by atoms with E-state index >= 15 is 0 Å². The van der Waals surface area contributed by atoms with E-state index in [2.05, 4.69) is 10.3 Å². The van der Waals surface area contributed by atoms with Gasteiger partial charge >= 0.3 is 0 Å². The third-order valence-corrected chi connectivity index (χ3v) is 4.69. The summed E-state index contributed by atoms with van der Waals surface area (Å²) in [5.41, 5.74) is -0.747. The fourth-order valence-electron chi connectivity index (χ4n) is 3.17. The van der Waals surface area contributed by atoms with Crippen LogP contribution < -0.4 is 10.1 Å². The number of aromatic nitrogens is 1. The Bertz CT molecular complexity index is 876. The number of piperidine rings is 1. The predicted octanol–water partition coefficient (Wildman–Crippen LogP) is 2.74. The van der Waals surface area contributed by atoms with E-state index in [1.807, 2.05) is 0 Å². The molecule has 1 fully saturated rings. The van der Waals surface area contributed by atoms with E-state index in [0.29, 0.717) is 41.5 Å². The molecule has 2 aromatic rings. The van der Waals surface area contributed by atoms with Crippen molar-refractivity contribution in [1.29, 1.82) is 0 Å². The molecule has 7 nitrogen and oxygen atoms in total. The summed E-state index contributed by atoms with van der Waals surface area (Å²) < 4.78 is 5.70. The Kier molecular flexibility index (Phi) is 6.16. The van der Waals surface area contributed by atoms with E-state index in [4.69, 9.17) is 16.3 Å². The van der Waals surface area contributed by atoms with Gasteiger partial charge in [0.25, 0.3) is 5.91 Å². The number of hydrogen-bond donors (Lipinski definition) is 2. The summed E-state index contributed by atoms with van der Waals surface area (Å²) in [6.07, 6.45) is 2.66. The molecule has 148 valence electrons. The lowest BCUT2D eigenvalue weighted by atomic mass is 9.93. The van der Waals surface area contributed by atoms with Crippen molar-refractivity contribution < 1.29 is 19.4 Å². The first kappa shape index (κ1) is 20.1. The number of likely N-dealkylation sites (tertiary alicyclic amines) is 1. The molecule has 0 bridgehead atoms. The SMILES string of the molecule is CC(=O)Nc1cc(C(=O)N2CCCC(O)(COc3cccc(Cl)c3)C2)ccn1. The number of amides is 2. The molecule has 0 aliphatic carbocycles. The molecule has 1 atom stereocenters. The maximum Gasteiger partial charge on any atom is 0.254 e. The molecule has 1 aliphatic heterocycles. The summed E-state index contributed by atoms with van der Waals surface area (Å²) in [5, 5.41) is 14.0. The lowest BCUT2D eigenvalue weighted by Crippen LogP contribution is -2.53. The first-order chi connectivity index (χ1) is 13.3. The molecule has 1 aromatic carbocycles. The van der Waals surface area contributed by atoms with Crippen molar-refractivity contribution in [1.82, 2.24) is 9.88 Å². The number of ether oxygens (including phenoxy) is 1. The number of benzene rings is 1. The van der Waals surface area contributed by atoms with Crippen LogP contribution in [-0.2, 0) is 4.79 Å². The molecule has 1 aromatic heterocycles. The van der Waals surface area contributed by atoms with Crippen LogP contribution in [0.25, 0.3) is 0 Å². The number of nitrogens with zero attached hydrogens (tertiary/aromatic N) is 2. The van der Waals surface area contributed by atoms with Crippen LogP contribution in [0.3, 0.4) is 0 Å². The Morgan fingerprint density at radius 1 is 1.36 bits per heavy atom. The lowest BCUT2D eigenvalue weighted by molar-refractivity contribution is -0.114. The van der Waals surface area contributed by atoms with E-state index in [9.17, 15) is 14.7 Å². The van der Waals surface area contributed by atoms with Gasteiger partial charge in [0, 0.05) is 30.3 Å². The Morgan fingerprint density at radius 2 is 2.18 bits per heavy atom. The minimum absolute atomic E-state index is 0.0601. The maximum atomic E-state index is 12.9. The van der Waals surface area contributed by atoms with Gasteiger partial charge in [0.15, 0.2) is 0 Å². The molecule has 2 heterocycles. The summed E-state index contributed by atoms with van der Waals surface area (Å²) in [6.45, 7) is 2.13. The van der Waals surface area contributed by atoms with Crippen LogP contribution in [0.1, 0.15) is 30.1 Å². The molecule has 2 amide bonds. The summed E-state index contributed by atoms with van der Waals surface area (Å²) in [4.78, 5) is 29.7. The summed E-state index contributed by atoms with van der Waals surface area (Å²) >= 11 is 5.95. The standard InChI is InChI=1S/C20H22ClN3O4/c1-14(25)23-18-10-15(6-8-22-18)19(26)24-9-3-7-20(27,12-24)13-28-17-5-2-4-16(21)11-17/h2,4-6,8,10-11,27H,3,7,9,12-13H2,1H3,(H,22,23,25). The Morgan fingerprint density at radius 3 is 2.93 bits per heavy atom. The summed E-state index contributed by atoms with van der Waals surface area (Å²) in [6, 6.07) is 10.1. The zero-order valence-corrected chi connectivity index (χ0v) is 16.3. The molecule has 0 spiro atoms. The minimum Gasteiger partial charge on any atom is -0.490 e. The van der Waals surface area contributed by atoms with Crippen molar-refractivity contribution in [3.63, 3.8) is 0 Å². The number of aliphatic hydroxyl groups is 1. The lowest BCUT2D eigenvalue weighted by Gasteiger charge is -2.39. The average molecular weight is 404 g/mol. The highest BCUT2D eigenvalue weighted by atomic mass is 35.5. The normalized spacial score (nSPS) is 19.2. The summed E-state index contributed by atoms with van der Waals surface area (Å²) in [5.74, 6) is 0.394. The van der Waals surface area contributed by atoms with Gasteiger partial charge in [-0.3, -0.25) is 9.59 Å². The second kappa shape index (κ2) is 8.58. The number of β-amino-alcohol motifs (C(OH)–C–C–N with tert-alkyl or cyclic N) is 1. The molecule has 3 rings (SSSR count). The quantitative estimate of drug-likeness (QED) is 0.800. The van der Waals surface area contributed by atoms with Crippen LogP contribution in [0.2, 0.25) is 5.02 Å². The van der Waals surface area contributed by atoms with Crippen LogP contribution in [0, 0.1) is 0 Å². The molecular formula is C20H22ClN3O4. The number of hydrogen-bond acceptors (Lipinski definition) is 5. The van der Waals surface area contributed by atoms with Gasteiger partial charge in [0.2, 0.25) is 5.91 Å². The number of rotatable bonds is 5. The predicted molar refractivity (Wildman–Crippen MR) is 106 cm³/mol. The number of pyridine rings is 1. The molecule has 8 heteroatoms. The van der Waals surface area contributed by atoms with Gasteiger partial charge in [-0.2, -0.15) is 0 Å². The Hall–Kier alpha value is -2.64. The van der Waals surface area contributed by atoms with Crippen LogP contribution in [0.5, 0.6) is 5.75 Å². The maximum absolute atomic E-state index is 12.9. The zero-order valence-electron chi connectivity index (χ0n) is 15.5. The third kappa shape index (κ3) is 5.21. The topological polar surface area (TPSA) is 91.8 Å². The molecule has 0 radical (unpaired) electrons. The van der Waals surface area contributed by atoms with Crippen molar-refractivity contribution in [3.05, 3.63) is 53.2 Å². The second-order valence-electron chi connectivity index (χ2n) is 6.91. The van der Waals surface area contributed by atoms with Gasteiger partial charge in [-0.15, -0.1) is 0 Å². The van der Waals surface area contributed by atoms with E-state index < -0.39 is 5.60 Å². The van der Waals surface area contributed by atoms with Crippen molar-refractivity contribution in [2.24, 2.45) is 0 Å². The second-order valence-corrected chi connectivity index (χ2v) is 7.35. The van der Waals surface area contributed by atoms with Crippen molar-refractivity contribution in [3.8, 4) is 5.75 Å². The van der Waals surface area contributed by atoms with Crippen LogP contribution in [0.15, 0.2) is 42.6 Å². The molecule has 28 heavy (non-hydrogen) atoms. The molecule has 0 saturated carbocycles. The fourth-order valence-corrected chi connectivity index (χ4v) is 3.35. The number of nitrogens with one attached hydrogen (secondary N) is 1. The monoisotopic (exact) mass is 403 g/mol. The van der Waals surface area contributed by atoms with Gasteiger partial charge in [0.05, 0.1) is 6.54 Å². The van der Waals surface area contributed by atoms with E-state index in [-0.39, 0.29) is 25.0 Å². The molecule has 1 aliphatic rings. The van der Waals surface area contributed by atoms with E-state index in [0.717, 1.165) is 0 Å². The average Bonchev–Trinajstić information content (AvgIpc) is 2.66. The van der Waals surface area contributed by atoms with Crippen molar-refractivity contribution in [2.45, 2.75) is 25.4 Å². The number of carbonyl (C=O) groups excluding carboxylic acids is 2. The largest absolute Gasteiger partial charge is 0.490 e. The Balaban J connectivity index is 1.66. The third-order valence-electron chi connectivity index (χ3n) is 4.46. The number of carbonyl (C=O) groups is 2. The molecule has 1 saturated heterocycles. The first-order valence-corrected chi connectivity index (χ1v) is 9.36. The highest BCUT2D eigenvalue weighted by molar-refractivity contribution is 6.30. The molecular weight excluding hydrogens is 382 g/mol.